The minimum Gasteiger partial charge on any atom is -0.309 e. The van der Waals surface area contributed by atoms with Crippen LogP contribution in [0.1, 0.15) is 23.1 Å². The van der Waals surface area contributed by atoms with Gasteiger partial charge in [0.05, 0.1) is 16.7 Å². The van der Waals surface area contributed by atoms with Gasteiger partial charge in [-0.3, -0.25) is 0 Å². The first-order chi connectivity index (χ1) is 21.2. The summed E-state index contributed by atoms with van der Waals surface area (Å²) in [5, 5.41) is 7.70. The molecular formula is C40H26NOP. The van der Waals surface area contributed by atoms with Gasteiger partial charge < -0.3 is 9.13 Å². The zero-order valence-corrected chi connectivity index (χ0v) is 24.3. The number of allylic oxidation sites excluding steroid dienone is 3. The van der Waals surface area contributed by atoms with E-state index >= 15 is 4.57 Å². The lowest BCUT2D eigenvalue weighted by atomic mass is 9.81. The highest BCUT2D eigenvalue weighted by Crippen LogP contribution is 2.55. The zero-order chi connectivity index (χ0) is 28.3. The second kappa shape index (κ2) is 8.34. The molecule has 2 heterocycles. The van der Waals surface area contributed by atoms with E-state index in [9.17, 15) is 0 Å². The molecule has 0 fully saturated rings. The van der Waals surface area contributed by atoms with Gasteiger partial charge in [-0.15, -0.1) is 0 Å². The molecule has 1 atom stereocenters. The van der Waals surface area contributed by atoms with Crippen molar-refractivity contribution in [3.05, 3.63) is 144 Å². The molecule has 3 heteroatoms. The van der Waals surface area contributed by atoms with Gasteiger partial charge in [0, 0.05) is 32.1 Å². The lowest BCUT2D eigenvalue weighted by Crippen LogP contribution is -2.21. The monoisotopic (exact) mass is 567 g/mol. The highest BCUT2D eigenvalue weighted by Gasteiger charge is 2.42. The van der Waals surface area contributed by atoms with Crippen LogP contribution in [0.5, 0.6) is 0 Å². The van der Waals surface area contributed by atoms with Crippen molar-refractivity contribution in [1.29, 1.82) is 0 Å². The maximum Gasteiger partial charge on any atom is 0.172 e. The third kappa shape index (κ3) is 2.92. The van der Waals surface area contributed by atoms with Crippen molar-refractivity contribution in [2.24, 2.45) is 0 Å². The molecule has 2 aliphatic carbocycles. The predicted molar refractivity (Wildman–Crippen MR) is 182 cm³/mol. The molecule has 6 aromatic carbocycles. The number of hydrogen-bond acceptors (Lipinski definition) is 1. The van der Waals surface area contributed by atoms with E-state index < -0.39 is 7.14 Å². The molecule has 202 valence electrons. The number of aromatic nitrogens is 1. The van der Waals surface area contributed by atoms with Crippen molar-refractivity contribution in [2.45, 2.75) is 12.8 Å². The van der Waals surface area contributed by atoms with Crippen LogP contribution in [-0.4, -0.2) is 4.57 Å². The minimum absolute atomic E-state index is 0.890. The van der Waals surface area contributed by atoms with Gasteiger partial charge >= 0.3 is 0 Å². The van der Waals surface area contributed by atoms with E-state index in [0.717, 1.165) is 61.7 Å². The second-order valence-electron chi connectivity index (χ2n) is 11.9. The Morgan fingerprint density at radius 2 is 1.47 bits per heavy atom. The van der Waals surface area contributed by atoms with Crippen LogP contribution in [0.25, 0.3) is 61.0 Å². The van der Waals surface area contributed by atoms with Crippen molar-refractivity contribution < 1.29 is 4.57 Å². The summed E-state index contributed by atoms with van der Waals surface area (Å²) in [6.45, 7) is 0. The van der Waals surface area contributed by atoms with E-state index in [2.05, 4.69) is 102 Å². The van der Waals surface area contributed by atoms with Crippen LogP contribution in [0.4, 0.5) is 0 Å². The molecule has 0 saturated carbocycles. The molecule has 10 rings (SSSR count). The van der Waals surface area contributed by atoms with Gasteiger partial charge in [-0.1, -0.05) is 115 Å². The topological polar surface area (TPSA) is 22.0 Å². The summed E-state index contributed by atoms with van der Waals surface area (Å²) in [6, 6.07) is 40.7. The maximum absolute atomic E-state index is 15.7. The zero-order valence-electron chi connectivity index (χ0n) is 23.4. The summed E-state index contributed by atoms with van der Waals surface area (Å²) >= 11 is 0. The van der Waals surface area contributed by atoms with Crippen LogP contribution in [0.3, 0.4) is 0 Å². The first kappa shape index (κ1) is 23.6. The fraction of sp³-hybridized carbons (Fsp3) is 0.0500. The number of para-hydroxylation sites is 1. The quantitative estimate of drug-likeness (QED) is 0.191. The van der Waals surface area contributed by atoms with Gasteiger partial charge in [-0.2, -0.15) is 0 Å². The Bertz CT molecular complexity index is 2480. The molecular weight excluding hydrogens is 541 g/mol. The fourth-order valence-electron chi connectivity index (χ4n) is 8.05. The van der Waals surface area contributed by atoms with Gasteiger partial charge in [0.25, 0.3) is 0 Å². The average Bonchev–Trinajstić information content (AvgIpc) is 3.54. The van der Waals surface area contributed by atoms with Crippen LogP contribution in [0, 0.1) is 0 Å². The number of fused-ring (bicyclic) bond motifs is 7. The van der Waals surface area contributed by atoms with E-state index in [0.29, 0.717) is 0 Å². The lowest BCUT2D eigenvalue weighted by molar-refractivity contribution is 0.593. The van der Waals surface area contributed by atoms with Crippen molar-refractivity contribution in [2.75, 3.05) is 0 Å². The summed E-state index contributed by atoms with van der Waals surface area (Å²) in [5.74, 6) is 0. The SMILES string of the molecule is O=P1(c2ccccc2)c2ccccc2-c2ccc3c(c21)c1ccccc1n3-c1ccc2c3c4c(ccc13)C=CCC4=CC2. The molecule has 0 saturated heterocycles. The summed E-state index contributed by atoms with van der Waals surface area (Å²) in [5.41, 5.74) is 11.1. The maximum atomic E-state index is 15.7. The Balaban J connectivity index is 1.36. The van der Waals surface area contributed by atoms with Crippen LogP contribution >= 0.6 is 7.14 Å². The van der Waals surface area contributed by atoms with Crippen molar-refractivity contribution in [3.8, 4) is 16.8 Å². The Kier molecular flexibility index (Phi) is 4.59. The summed E-state index contributed by atoms with van der Waals surface area (Å²) < 4.78 is 18.1. The molecule has 2 nitrogen and oxygen atoms in total. The van der Waals surface area contributed by atoms with Crippen molar-refractivity contribution in [1.82, 2.24) is 4.57 Å². The Morgan fingerprint density at radius 3 is 2.40 bits per heavy atom. The molecule has 1 unspecified atom stereocenters. The minimum atomic E-state index is -3.13. The van der Waals surface area contributed by atoms with Crippen LogP contribution < -0.4 is 15.9 Å². The van der Waals surface area contributed by atoms with Gasteiger partial charge in [0.1, 0.15) is 0 Å². The first-order valence-electron chi connectivity index (χ1n) is 15.0. The molecule has 0 N–H and O–H groups in total. The highest BCUT2D eigenvalue weighted by atomic mass is 31.2. The van der Waals surface area contributed by atoms with E-state index in [1.807, 2.05) is 36.4 Å². The smallest absolute Gasteiger partial charge is 0.172 e. The normalized spacial score (nSPS) is 17.8. The third-order valence-corrected chi connectivity index (χ3v) is 13.0. The largest absolute Gasteiger partial charge is 0.309 e. The van der Waals surface area contributed by atoms with Gasteiger partial charge in [-0.05, 0) is 69.8 Å². The van der Waals surface area contributed by atoms with Gasteiger partial charge in [0.15, 0.2) is 7.14 Å². The second-order valence-corrected chi connectivity index (χ2v) is 14.6. The van der Waals surface area contributed by atoms with E-state index in [1.54, 1.807) is 0 Å². The fourth-order valence-corrected chi connectivity index (χ4v) is 11.3. The Morgan fingerprint density at radius 1 is 0.628 bits per heavy atom. The van der Waals surface area contributed by atoms with Gasteiger partial charge in [-0.25, -0.2) is 0 Å². The summed E-state index contributed by atoms with van der Waals surface area (Å²) in [4.78, 5) is 0. The van der Waals surface area contributed by atoms with E-state index in [4.69, 9.17) is 0 Å². The predicted octanol–water partition coefficient (Wildman–Crippen LogP) is 8.91. The molecule has 0 amide bonds. The Labute approximate surface area is 249 Å². The van der Waals surface area contributed by atoms with E-state index in [-0.39, 0.29) is 0 Å². The van der Waals surface area contributed by atoms with Crippen LogP contribution in [0.15, 0.2) is 127 Å². The first-order valence-corrected chi connectivity index (χ1v) is 16.7. The molecule has 1 aliphatic heterocycles. The average molecular weight is 568 g/mol. The number of nitrogens with zero attached hydrogens (tertiary/aromatic N) is 1. The number of rotatable bonds is 2. The molecule has 7 aromatic rings. The molecule has 1 aromatic heterocycles. The van der Waals surface area contributed by atoms with Crippen molar-refractivity contribution >= 4 is 67.3 Å². The number of hydrogen-bond donors (Lipinski definition) is 0. The van der Waals surface area contributed by atoms with Crippen LogP contribution in [0.2, 0.25) is 0 Å². The molecule has 43 heavy (non-hydrogen) atoms. The standard InChI is InChI=1S/C40H26NOP/c42-43(28-11-2-1-3-12-28)36-16-7-5-13-29(36)30-22-24-35-39(40(30)43)31-14-4-6-15-33(31)41(35)34-23-20-27-18-17-25-9-8-10-26-19-21-32(34)38(27)37(25)26/h1-8,10-17,19-24H,9,18H2. The lowest BCUT2D eigenvalue weighted by Gasteiger charge is -2.25. The summed E-state index contributed by atoms with van der Waals surface area (Å²) in [7, 11) is -3.13. The highest BCUT2D eigenvalue weighted by molar-refractivity contribution is 7.86. The van der Waals surface area contributed by atoms with E-state index in [1.165, 1.54) is 38.7 Å². The molecule has 0 spiro atoms. The summed E-state index contributed by atoms with van der Waals surface area (Å²) in [6.07, 6.45) is 8.93. The number of benzene rings is 6. The van der Waals surface area contributed by atoms with Gasteiger partial charge in [0.2, 0.25) is 0 Å². The van der Waals surface area contributed by atoms with Crippen molar-refractivity contribution in [3.63, 3.8) is 0 Å². The van der Waals surface area contributed by atoms with Crippen LogP contribution in [-0.2, 0) is 11.0 Å². The molecule has 0 radical (unpaired) electrons. The molecule has 3 aliphatic rings. The molecule has 0 bridgehead atoms. The third-order valence-electron chi connectivity index (χ3n) is 9.82. The Hall–Kier alpha value is -4.91.